The Morgan fingerprint density at radius 3 is 2.79 bits per heavy atom. The molecule has 1 amide bonds. The number of carbonyl (C=O) groups excluding carboxylic acids is 1. The molecule has 1 aromatic rings. The van der Waals surface area contributed by atoms with Crippen molar-refractivity contribution in [1.82, 2.24) is 5.48 Å². The van der Waals surface area contributed by atoms with Crippen LogP contribution in [0.3, 0.4) is 0 Å². The highest BCUT2D eigenvalue weighted by molar-refractivity contribution is 5.94. The fourth-order valence-corrected chi connectivity index (χ4v) is 1.04. The third kappa shape index (κ3) is 2.83. The molecule has 0 aliphatic rings. The molecule has 0 fully saturated rings. The number of aryl methyl sites for hydroxylation is 1. The molecule has 1 N–H and O–H groups in total. The van der Waals surface area contributed by atoms with Crippen molar-refractivity contribution in [3.63, 3.8) is 0 Å². The van der Waals surface area contributed by atoms with Crippen molar-refractivity contribution in [3.05, 3.63) is 35.4 Å². The first-order valence-corrected chi connectivity index (χ1v) is 4.22. The van der Waals surface area contributed by atoms with Crippen molar-refractivity contribution in [2.75, 3.05) is 13.9 Å². The standard InChI is InChI=1S/C10H13NO3/c1-8-5-3-4-6-9(8)10(12)11-14-7-13-2/h3-6H,7H2,1-2H3,(H,11,12). The van der Waals surface area contributed by atoms with Crippen LogP contribution in [0.1, 0.15) is 15.9 Å². The highest BCUT2D eigenvalue weighted by Crippen LogP contribution is 2.05. The van der Waals surface area contributed by atoms with Gasteiger partial charge in [-0.15, -0.1) is 0 Å². The van der Waals surface area contributed by atoms with Crippen LogP contribution in [0.2, 0.25) is 0 Å². The zero-order valence-electron chi connectivity index (χ0n) is 8.24. The molecule has 0 heterocycles. The molecule has 0 radical (unpaired) electrons. The lowest BCUT2D eigenvalue weighted by Crippen LogP contribution is -2.25. The molecule has 1 rings (SSSR count). The van der Waals surface area contributed by atoms with Crippen LogP contribution in [0, 0.1) is 6.92 Å². The summed E-state index contributed by atoms with van der Waals surface area (Å²) < 4.78 is 4.62. The summed E-state index contributed by atoms with van der Waals surface area (Å²) in [6, 6.07) is 7.28. The maximum Gasteiger partial charge on any atom is 0.275 e. The van der Waals surface area contributed by atoms with E-state index in [1.165, 1.54) is 7.11 Å². The Hall–Kier alpha value is -1.39. The van der Waals surface area contributed by atoms with Gasteiger partial charge >= 0.3 is 0 Å². The van der Waals surface area contributed by atoms with E-state index in [4.69, 9.17) is 4.84 Å². The van der Waals surface area contributed by atoms with E-state index in [0.29, 0.717) is 5.56 Å². The van der Waals surface area contributed by atoms with Crippen molar-refractivity contribution in [1.29, 1.82) is 0 Å². The van der Waals surface area contributed by atoms with Gasteiger partial charge in [-0.2, -0.15) is 0 Å². The summed E-state index contributed by atoms with van der Waals surface area (Å²) in [5.41, 5.74) is 3.79. The second-order valence-electron chi connectivity index (χ2n) is 2.80. The van der Waals surface area contributed by atoms with Gasteiger partial charge < -0.3 is 4.74 Å². The Balaban J connectivity index is 2.56. The maximum absolute atomic E-state index is 11.4. The summed E-state index contributed by atoms with van der Waals surface area (Å²) in [6.45, 7) is 1.91. The lowest BCUT2D eigenvalue weighted by atomic mass is 10.1. The largest absolute Gasteiger partial charge is 0.356 e. The van der Waals surface area contributed by atoms with Crippen LogP contribution < -0.4 is 5.48 Å². The second kappa shape index (κ2) is 5.36. The summed E-state index contributed by atoms with van der Waals surface area (Å²) in [4.78, 5) is 16.2. The number of amides is 1. The molecule has 14 heavy (non-hydrogen) atoms. The van der Waals surface area contributed by atoms with Gasteiger partial charge in [0.05, 0.1) is 0 Å². The fourth-order valence-electron chi connectivity index (χ4n) is 1.04. The van der Waals surface area contributed by atoms with Gasteiger partial charge in [-0.05, 0) is 18.6 Å². The monoisotopic (exact) mass is 195 g/mol. The van der Waals surface area contributed by atoms with E-state index in [1.54, 1.807) is 12.1 Å². The Morgan fingerprint density at radius 2 is 2.14 bits per heavy atom. The molecular weight excluding hydrogens is 182 g/mol. The topological polar surface area (TPSA) is 47.6 Å². The molecule has 0 saturated carbocycles. The molecule has 4 heteroatoms. The summed E-state index contributed by atoms with van der Waals surface area (Å²) >= 11 is 0. The number of hydrogen-bond donors (Lipinski definition) is 1. The molecule has 76 valence electrons. The van der Waals surface area contributed by atoms with Crippen LogP contribution in [0.4, 0.5) is 0 Å². The van der Waals surface area contributed by atoms with Gasteiger partial charge in [0.2, 0.25) is 0 Å². The minimum Gasteiger partial charge on any atom is -0.356 e. The Kier molecular flexibility index (Phi) is 4.10. The number of carbonyl (C=O) groups is 1. The second-order valence-corrected chi connectivity index (χ2v) is 2.80. The van der Waals surface area contributed by atoms with E-state index in [-0.39, 0.29) is 12.7 Å². The third-order valence-electron chi connectivity index (χ3n) is 1.73. The molecule has 0 aromatic heterocycles. The molecule has 0 bridgehead atoms. The van der Waals surface area contributed by atoms with Gasteiger partial charge in [-0.25, -0.2) is 10.3 Å². The van der Waals surface area contributed by atoms with E-state index in [2.05, 4.69) is 10.2 Å². The number of methoxy groups -OCH3 is 1. The van der Waals surface area contributed by atoms with Gasteiger partial charge in [-0.3, -0.25) is 4.79 Å². The third-order valence-corrected chi connectivity index (χ3v) is 1.73. The molecule has 0 spiro atoms. The fraction of sp³-hybridized carbons (Fsp3) is 0.300. The van der Waals surface area contributed by atoms with E-state index in [0.717, 1.165) is 5.56 Å². The first-order chi connectivity index (χ1) is 6.75. The molecular formula is C10H13NO3. The molecule has 0 atom stereocenters. The average Bonchev–Trinajstić information content (AvgIpc) is 2.18. The number of hydroxylamine groups is 1. The van der Waals surface area contributed by atoms with Crippen molar-refractivity contribution in [2.45, 2.75) is 6.92 Å². The van der Waals surface area contributed by atoms with Gasteiger partial charge in [0.25, 0.3) is 5.91 Å². The molecule has 0 saturated heterocycles. The van der Waals surface area contributed by atoms with E-state index in [9.17, 15) is 4.79 Å². The molecule has 0 aliphatic carbocycles. The molecule has 4 nitrogen and oxygen atoms in total. The Bertz CT molecular complexity index is 312. The first kappa shape index (κ1) is 10.7. The quantitative estimate of drug-likeness (QED) is 0.447. The molecule has 0 aliphatic heterocycles. The van der Waals surface area contributed by atoms with Crippen LogP contribution in [0.5, 0.6) is 0 Å². The highest BCUT2D eigenvalue weighted by Gasteiger charge is 2.06. The van der Waals surface area contributed by atoms with Crippen molar-refractivity contribution in [2.24, 2.45) is 0 Å². The summed E-state index contributed by atoms with van der Waals surface area (Å²) in [5, 5.41) is 0. The first-order valence-electron chi connectivity index (χ1n) is 4.22. The lowest BCUT2D eigenvalue weighted by molar-refractivity contribution is -0.0704. The normalized spacial score (nSPS) is 9.86. The number of nitrogens with one attached hydrogen (secondary N) is 1. The van der Waals surface area contributed by atoms with Gasteiger partial charge in [-0.1, -0.05) is 18.2 Å². The minimum absolute atomic E-state index is 0.0393. The number of ether oxygens (including phenoxy) is 1. The SMILES string of the molecule is COCONC(=O)c1ccccc1C. The van der Waals surface area contributed by atoms with Gasteiger partial charge in [0.1, 0.15) is 0 Å². The van der Waals surface area contributed by atoms with Crippen LogP contribution >= 0.6 is 0 Å². The zero-order valence-corrected chi connectivity index (χ0v) is 8.24. The minimum atomic E-state index is -0.264. The predicted molar refractivity (Wildman–Crippen MR) is 51.6 cm³/mol. The van der Waals surface area contributed by atoms with Crippen LogP contribution in [0.15, 0.2) is 24.3 Å². The van der Waals surface area contributed by atoms with E-state index < -0.39 is 0 Å². The van der Waals surface area contributed by atoms with Crippen molar-refractivity contribution in [3.8, 4) is 0 Å². The number of rotatable bonds is 4. The average molecular weight is 195 g/mol. The van der Waals surface area contributed by atoms with E-state index >= 15 is 0 Å². The van der Waals surface area contributed by atoms with Gasteiger partial charge in [0.15, 0.2) is 6.79 Å². The van der Waals surface area contributed by atoms with Crippen LogP contribution in [-0.2, 0) is 9.57 Å². The smallest absolute Gasteiger partial charge is 0.275 e. The number of benzene rings is 1. The van der Waals surface area contributed by atoms with Crippen molar-refractivity contribution >= 4 is 5.91 Å². The zero-order chi connectivity index (χ0) is 10.4. The van der Waals surface area contributed by atoms with Crippen molar-refractivity contribution < 1.29 is 14.4 Å². The van der Waals surface area contributed by atoms with Crippen LogP contribution in [0.25, 0.3) is 0 Å². The number of hydrogen-bond acceptors (Lipinski definition) is 3. The summed E-state index contributed by atoms with van der Waals surface area (Å²) in [7, 11) is 1.49. The predicted octanol–water partition coefficient (Wildman–Crippen LogP) is 1.26. The molecule has 1 aromatic carbocycles. The summed E-state index contributed by atoms with van der Waals surface area (Å²) in [6.07, 6.45) is 0. The van der Waals surface area contributed by atoms with Crippen LogP contribution in [-0.4, -0.2) is 19.8 Å². The Labute approximate surface area is 82.8 Å². The summed E-state index contributed by atoms with van der Waals surface area (Å²) in [5.74, 6) is -0.264. The lowest BCUT2D eigenvalue weighted by Gasteiger charge is -2.06. The van der Waals surface area contributed by atoms with Gasteiger partial charge in [0, 0.05) is 12.7 Å². The Morgan fingerprint density at radius 1 is 1.43 bits per heavy atom. The molecule has 0 unspecified atom stereocenters. The van der Waals surface area contributed by atoms with E-state index in [1.807, 2.05) is 19.1 Å². The maximum atomic E-state index is 11.4. The highest BCUT2D eigenvalue weighted by atomic mass is 16.8.